The van der Waals surface area contributed by atoms with Gasteiger partial charge in [-0.05, 0) is 24.5 Å². The summed E-state index contributed by atoms with van der Waals surface area (Å²) in [6, 6.07) is 7.12. The van der Waals surface area contributed by atoms with Crippen LogP contribution in [0.4, 0.5) is 0 Å². The highest BCUT2D eigenvalue weighted by Gasteiger charge is 2.31. The zero-order valence-electron chi connectivity index (χ0n) is 11.5. The van der Waals surface area contributed by atoms with Gasteiger partial charge in [-0.15, -0.1) is 0 Å². The lowest BCUT2D eigenvalue weighted by molar-refractivity contribution is -0.155. The average Bonchev–Trinajstić information content (AvgIpc) is 2.37. The Balaban J connectivity index is 2.68. The van der Waals surface area contributed by atoms with E-state index in [4.69, 9.17) is 5.11 Å². The number of carboxylic acids is 1. The average molecular weight is 301 g/mol. The molecule has 0 bridgehead atoms. The second kappa shape index (κ2) is 6.34. The lowest BCUT2D eigenvalue weighted by Crippen LogP contribution is -2.46. The van der Waals surface area contributed by atoms with Crippen LogP contribution < -0.4 is 4.72 Å². The van der Waals surface area contributed by atoms with Crippen LogP contribution in [0.3, 0.4) is 0 Å². The molecule has 6 nitrogen and oxygen atoms in total. The van der Waals surface area contributed by atoms with Crippen LogP contribution in [0.5, 0.6) is 0 Å². The molecule has 112 valence electrons. The second-order valence-electron chi connectivity index (χ2n) is 4.83. The first-order valence-corrected chi connectivity index (χ1v) is 7.82. The number of carboxylic acid groups (broad SMARTS) is 1. The Labute approximate surface area is 118 Å². The molecule has 1 aromatic carbocycles. The molecular weight excluding hydrogens is 282 g/mol. The highest BCUT2D eigenvalue weighted by atomic mass is 32.2. The Bertz CT molecular complexity index is 563. The van der Waals surface area contributed by atoms with Crippen LogP contribution in [-0.2, 0) is 27.0 Å². The standard InChI is InChI=1S/C13H19NO5S/c1-3-10-4-6-11(7-5-10)8-20(18,19)14-9-13(2,17)12(15)16/h4-7,14,17H,3,8-9H2,1-2H3,(H,15,16). The fraction of sp³-hybridized carbons (Fsp3) is 0.462. The van der Waals surface area contributed by atoms with Gasteiger partial charge in [0.05, 0.1) is 5.75 Å². The number of hydrogen-bond donors (Lipinski definition) is 3. The zero-order chi connectivity index (χ0) is 15.4. The van der Waals surface area contributed by atoms with Crippen LogP contribution in [0.2, 0.25) is 0 Å². The third-order valence-electron chi connectivity index (χ3n) is 2.88. The van der Waals surface area contributed by atoms with E-state index in [-0.39, 0.29) is 5.75 Å². The monoisotopic (exact) mass is 301 g/mol. The molecule has 1 atom stereocenters. The summed E-state index contributed by atoms with van der Waals surface area (Å²) in [6.45, 7) is 2.47. The van der Waals surface area contributed by atoms with Crippen molar-refractivity contribution in [2.45, 2.75) is 31.6 Å². The van der Waals surface area contributed by atoms with Crippen LogP contribution in [0.15, 0.2) is 24.3 Å². The highest BCUT2D eigenvalue weighted by Crippen LogP contribution is 2.09. The van der Waals surface area contributed by atoms with Crippen molar-refractivity contribution in [3.05, 3.63) is 35.4 Å². The van der Waals surface area contributed by atoms with Crippen molar-refractivity contribution in [3.63, 3.8) is 0 Å². The molecule has 0 aliphatic heterocycles. The number of hydrogen-bond acceptors (Lipinski definition) is 4. The number of nitrogens with one attached hydrogen (secondary N) is 1. The van der Waals surface area contributed by atoms with Crippen molar-refractivity contribution in [1.29, 1.82) is 0 Å². The fourth-order valence-corrected chi connectivity index (χ4v) is 2.70. The van der Waals surface area contributed by atoms with Crippen LogP contribution in [-0.4, -0.2) is 36.7 Å². The Morgan fingerprint density at radius 2 is 1.75 bits per heavy atom. The predicted molar refractivity (Wildman–Crippen MR) is 74.7 cm³/mol. The van der Waals surface area contributed by atoms with Crippen molar-refractivity contribution in [1.82, 2.24) is 4.72 Å². The summed E-state index contributed by atoms with van der Waals surface area (Å²) in [4.78, 5) is 10.7. The molecule has 0 spiro atoms. The molecular formula is C13H19NO5S. The van der Waals surface area contributed by atoms with Gasteiger partial charge >= 0.3 is 5.97 Å². The van der Waals surface area contributed by atoms with Gasteiger partial charge in [0.25, 0.3) is 0 Å². The first-order chi connectivity index (χ1) is 9.16. The molecule has 0 fully saturated rings. The summed E-state index contributed by atoms with van der Waals surface area (Å²) in [5.74, 6) is -1.74. The van der Waals surface area contributed by atoms with E-state index in [1.165, 1.54) is 0 Å². The molecule has 3 N–H and O–H groups in total. The molecule has 0 saturated heterocycles. The van der Waals surface area contributed by atoms with Crippen LogP contribution in [0.1, 0.15) is 25.0 Å². The Hall–Kier alpha value is -1.44. The van der Waals surface area contributed by atoms with Crippen molar-refractivity contribution in [2.24, 2.45) is 0 Å². The third-order valence-corrected chi connectivity index (χ3v) is 4.18. The summed E-state index contributed by atoms with van der Waals surface area (Å²) in [6.07, 6.45) is 0.868. The van der Waals surface area contributed by atoms with Crippen molar-refractivity contribution >= 4 is 16.0 Å². The number of benzene rings is 1. The van der Waals surface area contributed by atoms with Crippen molar-refractivity contribution < 1.29 is 23.4 Å². The van der Waals surface area contributed by atoms with E-state index in [0.29, 0.717) is 5.56 Å². The van der Waals surface area contributed by atoms with E-state index in [9.17, 15) is 18.3 Å². The molecule has 1 rings (SSSR count). The number of aryl methyl sites for hydroxylation is 1. The minimum absolute atomic E-state index is 0.257. The number of carbonyl (C=O) groups is 1. The maximum atomic E-state index is 11.8. The summed E-state index contributed by atoms with van der Waals surface area (Å²) < 4.78 is 25.7. The van der Waals surface area contributed by atoms with Crippen LogP contribution in [0, 0.1) is 0 Å². The van der Waals surface area contributed by atoms with E-state index in [0.717, 1.165) is 18.9 Å². The van der Waals surface area contributed by atoms with Gasteiger partial charge in [-0.25, -0.2) is 17.9 Å². The SMILES string of the molecule is CCc1ccc(CS(=O)(=O)NCC(C)(O)C(=O)O)cc1. The number of sulfonamides is 1. The molecule has 7 heteroatoms. The van der Waals surface area contributed by atoms with Gasteiger partial charge in [-0.2, -0.15) is 0 Å². The molecule has 0 radical (unpaired) electrons. The summed E-state index contributed by atoms with van der Waals surface area (Å²) >= 11 is 0. The Kier molecular flexibility index (Phi) is 5.27. The zero-order valence-corrected chi connectivity index (χ0v) is 12.3. The van der Waals surface area contributed by atoms with E-state index in [1.807, 2.05) is 19.1 Å². The van der Waals surface area contributed by atoms with Gasteiger partial charge in [0, 0.05) is 6.54 Å². The first-order valence-electron chi connectivity index (χ1n) is 6.17. The van der Waals surface area contributed by atoms with E-state index in [2.05, 4.69) is 4.72 Å². The van der Waals surface area contributed by atoms with Gasteiger partial charge in [0.15, 0.2) is 5.60 Å². The molecule has 1 aromatic rings. The van der Waals surface area contributed by atoms with E-state index in [1.54, 1.807) is 12.1 Å². The van der Waals surface area contributed by atoms with Crippen molar-refractivity contribution in [3.8, 4) is 0 Å². The maximum absolute atomic E-state index is 11.8. The summed E-state index contributed by atoms with van der Waals surface area (Å²) in [5.41, 5.74) is -0.420. The molecule has 0 saturated carbocycles. The Morgan fingerprint density at radius 3 is 2.20 bits per heavy atom. The normalized spacial score (nSPS) is 14.8. The third kappa shape index (κ3) is 4.92. The molecule has 0 heterocycles. The van der Waals surface area contributed by atoms with Gasteiger partial charge in [-0.3, -0.25) is 0 Å². The van der Waals surface area contributed by atoms with Crippen LogP contribution in [0.25, 0.3) is 0 Å². The maximum Gasteiger partial charge on any atom is 0.336 e. The topological polar surface area (TPSA) is 104 Å². The molecule has 0 aliphatic carbocycles. The summed E-state index contributed by atoms with van der Waals surface area (Å²) in [7, 11) is -3.69. The smallest absolute Gasteiger partial charge is 0.336 e. The highest BCUT2D eigenvalue weighted by molar-refractivity contribution is 7.88. The first kappa shape index (κ1) is 16.6. The number of rotatable bonds is 7. The molecule has 0 aromatic heterocycles. The van der Waals surface area contributed by atoms with Gasteiger partial charge in [0.2, 0.25) is 10.0 Å². The molecule has 1 unspecified atom stereocenters. The molecule has 20 heavy (non-hydrogen) atoms. The van der Waals surface area contributed by atoms with Gasteiger partial charge < -0.3 is 10.2 Å². The fourth-order valence-electron chi connectivity index (χ4n) is 1.47. The van der Waals surface area contributed by atoms with E-state index >= 15 is 0 Å². The molecule has 0 aliphatic rings. The minimum Gasteiger partial charge on any atom is -0.479 e. The second-order valence-corrected chi connectivity index (χ2v) is 6.64. The number of aliphatic carboxylic acids is 1. The van der Waals surface area contributed by atoms with Gasteiger partial charge in [0.1, 0.15) is 0 Å². The Morgan fingerprint density at radius 1 is 1.25 bits per heavy atom. The largest absolute Gasteiger partial charge is 0.479 e. The van der Waals surface area contributed by atoms with Gasteiger partial charge in [-0.1, -0.05) is 31.2 Å². The quantitative estimate of drug-likeness (QED) is 0.680. The lowest BCUT2D eigenvalue weighted by atomic mass is 10.1. The van der Waals surface area contributed by atoms with E-state index < -0.39 is 28.1 Å². The van der Waals surface area contributed by atoms with Crippen molar-refractivity contribution in [2.75, 3.05) is 6.54 Å². The summed E-state index contributed by atoms with van der Waals surface area (Å²) in [5, 5.41) is 18.2. The predicted octanol–water partition coefficient (Wildman–Crippen LogP) is 0.504. The van der Waals surface area contributed by atoms with Crippen LogP contribution >= 0.6 is 0 Å². The number of aliphatic hydroxyl groups is 1. The minimum atomic E-state index is -3.69. The molecule has 0 amide bonds. The lowest BCUT2D eigenvalue weighted by Gasteiger charge is -2.18.